The highest BCUT2D eigenvalue weighted by atomic mass is 16.5. The number of benzene rings is 3. The van der Waals surface area contributed by atoms with Crippen molar-refractivity contribution >= 4 is 28.5 Å². The summed E-state index contributed by atoms with van der Waals surface area (Å²) in [6.45, 7) is 0.114. The predicted molar refractivity (Wildman–Crippen MR) is 91.2 cm³/mol. The van der Waals surface area contributed by atoms with Crippen LogP contribution in [0.2, 0.25) is 0 Å². The van der Waals surface area contributed by atoms with Gasteiger partial charge in [-0.3, -0.25) is 5.32 Å². The first-order valence-electron chi connectivity index (χ1n) is 7.37. The third-order valence-electron chi connectivity index (χ3n) is 3.57. The van der Waals surface area contributed by atoms with Crippen molar-refractivity contribution in [3.8, 4) is 0 Å². The monoisotopic (exact) mass is 321 g/mol. The number of rotatable bonds is 4. The molecule has 0 saturated carbocycles. The van der Waals surface area contributed by atoms with Gasteiger partial charge in [0, 0.05) is 0 Å². The lowest BCUT2D eigenvalue weighted by Gasteiger charge is -2.11. The molecule has 0 fully saturated rings. The van der Waals surface area contributed by atoms with Gasteiger partial charge in [0.05, 0.1) is 11.3 Å². The van der Waals surface area contributed by atoms with E-state index in [1.807, 2.05) is 54.6 Å². The first-order chi connectivity index (χ1) is 11.6. The van der Waals surface area contributed by atoms with E-state index in [0.29, 0.717) is 0 Å². The minimum absolute atomic E-state index is 0.0189. The van der Waals surface area contributed by atoms with E-state index in [1.165, 1.54) is 6.07 Å². The number of hydrogen-bond acceptors (Lipinski definition) is 3. The van der Waals surface area contributed by atoms with E-state index in [9.17, 15) is 14.7 Å². The van der Waals surface area contributed by atoms with Crippen LogP contribution >= 0.6 is 0 Å². The second kappa shape index (κ2) is 6.83. The maximum atomic E-state index is 12.0. The Bertz CT molecular complexity index is 890. The summed E-state index contributed by atoms with van der Waals surface area (Å²) in [4.78, 5) is 23.4. The number of ether oxygens (including phenoxy) is 1. The minimum atomic E-state index is -1.11. The van der Waals surface area contributed by atoms with Crippen molar-refractivity contribution in [1.29, 1.82) is 0 Å². The molecule has 0 unspecified atom stereocenters. The Kier molecular flexibility index (Phi) is 4.43. The topological polar surface area (TPSA) is 75.6 Å². The van der Waals surface area contributed by atoms with Crippen molar-refractivity contribution in [3.63, 3.8) is 0 Å². The molecule has 0 aliphatic rings. The van der Waals surface area contributed by atoms with E-state index < -0.39 is 12.1 Å². The van der Waals surface area contributed by atoms with Crippen LogP contribution in [-0.4, -0.2) is 17.2 Å². The summed E-state index contributed by atoms with van der Waals surface area (Å²) in [6.07, 6.45) is -0.698. The Labute approximate surface area is 138 Å². The van der Waals surface area contributed by atoms with Crippen molar-refractivity contribution in [1.82, 2.24) is 0 Å². The fourth-order valence-corrected chi connectivity index (χ4v) is 2.39. The van der Waals surface area contributed by atoms with Crippen LogP contribution in [0, 0.1) is 0 Å². The molecule has 3 aromatic rings. The van der Waals surface area contributed by atoms with Gasteiger partial charge >= 0.3 is 12.1 Å². The molecule has 5 nitrogen and oxygen atoms in total. The van der Waals surface area contributed by atoms with Gasteiger partial charge in [-0.2, -0.15) is 0 Å². The van der Waals surface area contributed by atoms with Crippen molar-refractivity contribution in [2.75, 3.05) is 5.32 Å². The summed E-state index contributed by atoms with van der Waals surface area (Å²) in [6, 6.07) is 19.8. The fraction of sp³-hybridized carbons (Fsp3) is 0.0526. The van der Waals surface area contributed by atoms with Crippen molar-refractivity contribution in [3.05, 3.63) is 77.9 Å². The predicted octanol–water partition coefficient (Wildman–Crippen LogP) is 4.29. The summed E-state index contributed by atoms with van der Waals surface area (Å²) < 4.78 is 5.14. The number of hydrogen-bond donors (Lipinski definition) is 2. The Morgan fingerprint density at radius 1 is 0.917 bits per heavy atom. The van der Waals surface area contributed by atoms with Crippen molar-refractivity contribution in [2.45, 2.75) is 6.61 Å². The summed E-state index contributed by atoms with van der Waals surface area (Å²) >= 11 is 0. The van der Waals surface area contributed by atoms with Gasteiger partial charge in [0.1, 0.15) is 6.61 Å². The first-order valence-corrected chi connectivity index (χ1v) is 7.37. The van der Waals surface area contributed by atoms with Gasteiger partial charge in [0.15, 0.2) is 0 Å². The average Bonchev–Trinajstić information content (AvgIpc) is 2.60. The number of anilines is 1. The number of carbonyl (C=O) groups is 2. The number of amides is 1. The molecule has 0 aliphatic heterocycles. The van der Waals surface area contributed by atoms with Crippen molar-refractivity contribution in [2.24, 2.45) is 0 Å². The zero-order valence-corrected chi connectivity index (χ0v) is 12.7. The molecule has 0 radical (unpaired) electrons. The Balaban J connectivity index is 1.79. The maximum absolute atomic E-state index is 12.0. The average molecular weight is 321 g/mol. The maximum Gasteiger partial charge on any atom is 0.411 e. The van der Waals surface area contributed by atoms with Crippen LogP contribution < -0.4 is 5.32 Å². The number of carboxylic acid groups (broad SMARTS) is 1. The molecule has 24 heavy (non-hydrogen) atoms. The zero-order chi connectivity index (χ0) is 16.9. The lowest BCUT2D eigenvalue weighted by Crippen LogP contribution is -2.16. The highest BCUT2D eigenvalue weighted by Gasteiger charge is 2.14. The summed E-state index contributed by atoms with van der Waals surface area (Å²) in [5, 5.41) is 13.5. The summed E-state index contributed by atoms with van der Waals surface area (Å²) in [5.41, 5.74) is 1.08. The van der Waals surface area contributed by atoms with Crippen LogP contribution in [0.25, 0.3) is 10.8 Å². The number of aromatic carboxylic acids is 1. The van der Waals surface area contributed by atoms with Crippen LogP contribution in [0.4, 0.5) is 10.5 Å². The van der Waals surface area contributed by atoms with E-state index in [4.69, 9.17) is 4.74 Å². The fourth-order valence-electron chi connectivity index (χ4n) is 2.39. The second-order valence-electron chi connectivity index (χ2n) is 5.24. The Morgan fingerprint density at radius 3 is 2.21 bits per heavy atom. The molecule has 0 atom stereocenters. The van der Waals surface area contributed by atoms with Crippen LogP contribution in [-0.2, 0) is 11.3 Å². The van der Waals surface area contributed by atoms with Crippen LogP contribution in [0.1, 0.15) is 15.9 Å². The third-order valence-corrected chi connectivity index (χ3v) is 3.57. The number of fused-ring (bicyclic) bond motifs is 1. The number of nitrogens with one attached hydrogen (secondary N) is 1. The molecular weight excluding hydrogens is 306 g/mol. The van der Waals surface area contributed by atoms with Crippen LogP contribution in [0.15, 0.2) is 66.7 Å². The molecule has 0 aliphatic carbocycles. The molecule has 0 bridgehead atoms. The molecule has 0 heterocycles. The molecule has 2 N–H and O–H groups in total. The molecule has 3 aromatic carbocycles. The van der Waals surface area contributed by atoms with Crippen molar-refractivity contribution < 1.29 is 19.4 Å². The Hall–Kier alpha value is -3.34. The van der Waals surface area contributed by atoms with E-state index in [-0.39, 0.29) is 17.9 Å². The van der Waals surface area contributed by atoms with Gasteiger partial charge in [-0.15, -0.1) is 0 Å². The normalized spacial score (nSPS) is 10.3. The molecule has 1 amide bonds. The lowest BCUT2D eigenvalue weighted by atomic mass is 10.0. The minimum Gasteiger partial charge on any atom is -0.478 e. The zero-order valence-electron chi connectivity index (χ0n) is 12.7. The Morgan fingerprint density at radius 2 is 1.54 bits per heavy atom. The SMILES string of the molecule is O=C(Nc1cc2ccccc2cc1C(=O)O)OCc1ccccc1. The number of carbonyl (C=O) groups excluding carboxylic acids is 1. The lowest BCUT2D eigenvalue weighted by molar-refractivity contribution is 0.0698. The molecule has 120 valence electrons. The smallest absolute Gasteiger partial charge is 0.411 e. The van der Waals surface area contributed by atoms with Gasteiger partial charge in [-0.1, -0.05) is 54.6 Å². The van der Waals surface area contributed by atoms with Gasteiger partial charge < -0.3 is 9.84 Å². The third kappa shape index (κ3) is 3.52. The molecule has 5 heteroatoms. The van der Waals surface area contributed by atoms with E-state index in [2.05, 4.69) is 5.32 Å². The molecule has 0 saturated heterocycles. The quantitative estimate of drug-likeness (QED) is 0.752. The number of carboxylic acids is 1. The molecule has 0 aromatic heterocycles. The van der Waals surface area contributed by atoms with E-state index in [1.54, 1.807) is 6.07 Å². The highest BCUT2D eigenvalue weighted by Crippen LogP contribution is 2.24. The second-order valence-corrected chi connectivity index (χ2v) is 5.24. The highest BCUT2D eigenvalue weighted by molar-refractivity contribution is 6.04. The van der Waals surface area contributed by atoms with Crippen LogP contribution in [0.5, 0.6) is 0 Å². The molecule has 3 rings (SSSR count). The van der Waals surface area contributed by atoms with Gasteiger partial charge in [-0.25, -0.2) is 9.59 Å². The van der Waals surface area contributed by atoms with Gasteiger partial charge in [-0.05, 0) is 28.5 Å². The standard InChI is InChI=1S/C19H15NO4/c21-18(22)16-10-14-8-4-5-9-15(14)11-17(16)20-19(23)24-12-13-6-2-1-3-7-13/h1-11H,12H2,(H,20,23)(H,21,22). The molecule has 0 spiro atoms. The first kappa shape index (κ1) is 15.6. The summed E-state index contributed by atoms with van der Waals surface area (Å²) in [7, 11) is 0. The van der Waals surface area contributed by atoms with E-state index >= 15 is 0 Å². The van der Waals surface area contributed by atoms with E-state index in [0.717, 1.165) is 16.3 Å². The van der Waals surface area contributed by atoms with Crippen LogP contribution in [0.3, 0.4) is 0 Å². The largest absolute Gasteiger partial charge is 0.478 e. The summed E-state index contributed by atoms with van der Waals surface area (Å²) in [5.74, 6) is -1.11. The van der Waals surface area contributed by atoms with Gasteiger partial charge in [0.2, 0.25) is 0 Å². The van der Waals surface area contributed by atoms with Gasteiger partial charge in [0.25, 0.3) is 0 Å². The molecular formula is C19H15NO4.